The molecular weight excluding hydrogens is 270 g/mol. The maximum atomic E-state index is 8.55. The van der Waals surface area contributed by atoms with E-state index in [-0.39, 0.29) is 11.7 Å². The van der Waals surface area contributed by atoms with Crippen LogP contribution in [-0.2, 0) is 20.0 Å². The van der Waals surface area contributed by atoms with Crippen molar-refractivity contribution in [2.24, 2.45) is 17.9 Å². The largest absolute Gasteiger partial charge is 0.409 e. The first kappa shape index (κ1) is 13.3. The van der Waals surface area contributed by atoms with Gasteiger partial charge in [-0.05, 0) is 6.42 Å². The minimum Gasteiger partial charge on any atom is -0.409 e. The first-order chi connectivity index (χ1) is 9.06. The second-order valence-electron chi connectivity index (χ2n) is 3.94. The number of aryl methyl sites for hydroxylation is 2. The fourth-order valence-electron chi connectivity index (χ4n) is 1.68. The topological polar surface area (TPSA) is 107 Å². The van der Waals surface area contributed by atoms with Gasteiger partial charge in [0, 0.05) is 7.05 Å². The van der Waals surface area contributed by atoms with Crippen LogP contribution in [0.5, 0.6) is 0 Å². The van der Waals surface area contributed by atoms with E-state index >= 15 is 0 Å². The molecule has 0 aliphatic carbocycles. The van der Waals surface area contributed by atoms with Gasteiger partial charge in [0.1, 0.15) is 6.33 Å². The predicted molar refractivity (Wildman–Crippen MR) is 69.2 cm³/mol. The molecule has 0 atom stereocenters. The minimum absolute atomic E-state index is 0.135. The molecule has 102 valence electrons. The third-order valence-corrected chi connectivity index (χ3v) is 3.12. The van der Waals surface area contributed by atoms with Gasteiger partial charge in [0.2, 0.25) is 11.7 Å². The first-order valence-corrected chi connectivity index (χ1v) is 6.02. The van der Waals surface area contributed by atoms with Gasteiger partial charge in [-0.3, -0.25) is 4.68 Å². The van der Waals surface area contributed by atoms with Crippen molar-refractivity contribution in [3.63, 3.8) is 0 Å². The Balaban J connectivity index is 2.27. The number of hydrogen-bond donors (Lipinski definition) is 2. The summed E-state index contributed by atoms with van der Waals surface area (Å²) in [5.74, 6) is 0.0283. The van der Waals surface area contributed by atoms with Gasteiger partial charge < -0.3 is 10.9 Å². The van der Waals surface area contributed by atoms with Crippen LogP contribution < -0.4 is 5.73 Å². The van der Waals surface area contributed by atoms with E-state index in [4.69, 9.17) is 22.5 Å². The molecule has 0 amide bonds. The second-order valence-corrected chi connectivity index (χ2v) is 4.31. The zero-order chi connectivity index (χ0) is 14.0. The van der Waals surface area contributed by atoms with Crippen molar-refractivity contribution in [1.29, 1.82) is 0 Å². The minimum atomic E-state index is -0.135. The van der Waals surface area contributed by atoms with Crippen LogP contribution in [0.1, 0.15) is 24.1 Å². The van der Waals surface area contributed by atoms with Gasteiger partial charge in [-0.2, -0.15) is 5.10 Å². The molecule has 0 saturated heterocycles. The summed E-state index contributed by atoms with van der Waals surface area (Å²) in [5, 5.41) is 20.4. The van der Waals surface area contributed by atoms with Crippen LogP contribution in [-0.4, -0.2) is 35.6 Å². The SMILES string of the molecule is CCc1nn(C)c(Cn2cnc(C(N)=NO)n2)c1Cl. The first-order valence-electron chi connectivity index (χ1n) is 5.64. The van der Waals surface area contributed by atoms with Crippen LogP contribution in [0.25, 0.3) is 0 Å². The highest BCUT2D eigenvalue weighted by molar-refractivity contribution is 6.31. The Morgan fingerprint density at radius 2 is 2.26 bits per heavy atom. The molecular formula is C10H14ClN7O. The summed E-state index contributed by atoms with van der Waals surface area (Å²) in [4.78, 5) is 3.93. The van der Waals surface area contributed by atoms with E-state index in [2.05, 4.69) is 20.3 Å². The van der Waals surface area contributed by atoms with Crippen LogP contribution in [0.3, 0.4) is 0 Å². The zero-order valence-corrected chi connectivity index (χ0v) is 11.3. The smallest absolute Gasteiger partial charge is 0.219 e. The Bertz CT molecular complexity index is 615. The van der Waals surface area contributed by atoms with Crippen molar-refractivity contribution in [1.82, 2.24) is 24.5 Å². The Kier molecular flexibility index (Phi) is 3.70. The van der Waals surface area contributed by atoms with E-state index in [1.54, 1.807) is 9.36 Å². The average molecular weight is 284 g/mol. The van der Waals surface area contributed by atoms with Crippen molar-refractivity contribution in [2.45, 2.75) is 19.9 Å². The van der Waals surface area contributed by atoms with Crippen LogP contribution in [0.4, 0.5) is 0 Å². The van der Waals surface area contributed by atoms with Gasteiger partial charge in [0.05, 0.1) is 23.0 Å². The van der Waals surface area contributed by atoms with Crippen molar-refractivity contribution >= 4 is 17.4 Å². The van der Waals surface area contributed by atoms with Gasteiger partial charge >= 0.3 is 0 Å². The molecule has 0 aromatic carbocycles. The number of rotatable bonds is 4. The lowest BCUT2D eigenvalue weighted by molar-refractivity contribution is 0.318. The monoisotopic (exact) mass is 283 g/mol. The molecule has 9 heteroatoms. The maximum Gasteiger partial charge on any atom is 0.219 e. The van der Waals surface area contributed by atoms with E-state index in [9.17, 15) is 0 Å². The van der Waals surface area contributed by atoms with Gasteiger partial charge in [-0.25, -0.2) is 9.67 Å². The van der Waals surface area contributed by atoms with Crippen molar-refractivity contribution in [2.75, 3.05) is 0 Å². The maximum absolute atomic E-state index is 8.55. The number of amidine groups is 1. The lowest BCUT2D eigenvalue weighted by Crippen LogP contribution is -2.16. The van der Waals surface area contributed by atoms with E-state index in [0.717, 1.165) is 17.8 Å². The van der Waals surface area contributed by atoms with E-state index in [1.165, 1.54) is 6.33 Å². The van der Waals surface area contributed by atoms with Gasteiger partial charge in [-0.1, -0.05) is 23.7 Å². The molecule has 0 fully saturated rings. The summed E-state index contributed by atoms with van der Waals surface area (Å²) in [6.07, 6.45) is 2.25. The molecule has 0 radical (unpaired) electrons. The highest BCUT2D eigenvalue weighted by atomic mass is 35.5. The van der Waals surface area contributed by atoms with Crippen molar-refractivity contribution in [3.05, 3.63) is 28.6 Å². The zero-order valence-electron chi connectivity index (χ0n) is 10.6. The van der Waals surface area contributed by atoms with E-state index in [0.29, 0.717) is 11.6 Å². The molecule has 2 aromatic heterocycles. The lowest BCUT2D eigenvalue weighted by atomic mass is 10.3. The molecule has 2 heterocycles. The molecule has 3 N–H and O–H groups in total. The summed E-state index contributed by atoms with van der Waals surface area (Å²) < 4.78 is 3.27. The summed E-state index contributed by atoms with van der Waals surface area (Å²) in [6, 6.07) is 0. The molecule has 0 aliphatic heterocycles. The van der Waals surface area contributed by atoms with E-state index < -0.39 is 0 Å². The fraction of sp³-hybridized carbons (Fsp3) is 0.400. The highest BCUT2D eigenvalue weighted by Crippen LogP contribution is 2.21. The van der Waals surface area contributed by atoms with E-state index in [1.807, 2.05) is 14.0 Å². The number of halogens is 1. The Morgan fingerprint density at radius 1 is 1.53 bits per heavy atom. The van der Waals surface area contributed by atoms with Gasteiger partial charge in [-0.15, -0.1) is 5.10 Å². The number of hydrogen-bond acceptors (Lipinski definition) is 5. The summed E-state index contributed by atoms with van der Waals surface area (Å²) >= 11 is 6.24. The van der Waals surface area contributed by atoms with Crippen LogP contribution in [0, 0.1) is 0 Å². The average Bonchev–Trinajstić information content (AvgIpc) is 2.98. The molecule has 0 aliphatic rings. The Labute approximate surface area is 114 Å². The number of nitrogens with zero attached hydrogens (tertiary/aromatic N) is 6. The molecule has 2 rings (SSSR count). The second kappa shape index (κ2) is 5.27. The van der Waals surface area contributed by atoms with Gasteiger partial charge in [0.15, 0.2) is 0 Å². The quantitative estimate of drug-likeness (QED) is 0.365. The molecule has 2 aromatic rings. The van der Waals surface area contributed by atoms with Crippen LogP contribution in [0.2, 0.25) is 5.02 Å². The fourth-order valence-corrected chi connectivity index (χ4v) is 2.03. The van der Waals surface area contributed by atoms with Gasteiger partial charge in [0.25, 0.3) is 0 Å². The van der Waals surface area contributed by atoms with Crippen LogP contribution in [0.15, 0.2) is 11.5 Å². The third-order valence-electron chi connectivity index (χ3n) is 2.69. The lowest BCUT2D eigenvalue weighted by Gasteiger charge is -2.02. The van der Waals surface area contributed by atoms with Crippen molar-refractivity contribution < 1.29 is 5.21 Å². The summed E-state index contributed by atoms with van der Waals surface area (Å²) in [7, 11) is 1.82. The normalized spacial score (nSPS) is 12.1. The Morgan fingerprint density at radius 3 is 2.84 bits per heavy atom. The molecule has 0 saturated carbocycles. The predicted octanol–water partition coefficient (Wildman–Crippen LogP) is 0.370. The molecule has 19 heavy (non-hydrogen) atoms. The van der Waals surface area contributed by atoms with Crippen LogP contribution >= 0.6 is 11.6 Å². The molecule has 8 nitrogen and oxygen atoms in total. The summed E-state index contributed by atoms with van der Waals surface area (Å²) in [5.41, 5.74) is 7.08. The molecule has 0 bridgehead atoms. The highest BCUT2D eigenvalue weighted by Gasteiger charge is 2.14. The summed E-state index contributed by atoms with van der Waals surface area (Å²) in [6.45, 7) is 2.40. The number of oxime groups is 1. The third kappa shape index (κ3) is 2.53. The number of aromatic nitrogens is 5. The molecule has 0 unspecified atom stereocenters. The van der Waals surface area contributed by atoms with Crippen molar-refractivity contribution in [3.8, 4) is 0 Å². The number of nitrogens with two attached hydrogens (primary N) is 1. The Hall–Kier alpha value is -2.09. The molecule has 0 spiro atoms. The standard InChI is InChI=1S/C10H14ClN7O/c1-3-6-8(11)7(17(2)14-6)4-18-5-13-10(15-18)9(12)16-19/h5,19H,3-4H2,1-2H3,(H2,12,16).